The molecular formula is C12H9N3S. The first kappa shape index (κ1) is 9.42. The minimum absolute atomic E-state index is 0.881. The summed E-state index contributed by atoms with van der Waals surface area (Å²) in [5.74, 6) is 0.881. The van der Waals surface area contributed by atoms with E-state index in [1.807, 2.05) is 30.3 Å². The van der Waals surface area contributed by atoms with E-state index in [0.717, 1.165) is 22.0 Å². The number of nitrogens with zero attached hydrogens (tertiary/aromatic N) is 2. The highest BCUT2D eigenvalue weighted by molar-refractivity contribution is 7.98. The first-order chi connectivity index (χ1) is 7.93. The van der Waals surface area contributed by atoms with Gasteiger partial charge in [0.15, 0.2) is 0 Å². The van der Waals surface area contributed by atoms with E-state index >= 15 is 0 Å². The van der Waals surface area contributed by atoms with Crippen LogP contribution in [0.5, 0.6) is 0 Å². The van der Waals surface area contributed by atoms with Crippen LogP contribution in [0.4, 0.5) is 5.69 Å². The molecule has 3 nitrogen and oxygen atoms in total. The second-order valence-corrected chi connectivity index (χ2v) is 4.22. The maximum absolute atomic E-state index is 4.57. The Labute approximate surface area is 97.8 Å². The third kappa shape index (κ3) is 1.67. The number of rotatable bonds is 1. The van der Waals surface area contributed by atoms with E-state index < -0.39 is 0 Å². The Morgan fingerprint density at radius 1 is 1.00 bits per heavy atom. The molecule has 1 aliphatic rings. The van der Waals surface area contributed by atoms with Gasteiger partial charge in [-0.3, -0.25) is 4.98 Å². The number of para-hydroxylation sites is 1. The van der Waals surface area contributed by atoms with Gasteiger partial charge in [-0.2, -0.15) is 0 Å². The number of amidine groups is 1. The Kier molecular flexibility index (Phi) is 2.34. The topological polar surface area (TPSA) is 37.3 Å². The minimum atomic E-state index is 0.881. The Morgan fingerprint density at radius 2 is 1.81 bits per heavy atom. The van der Waals surface area contributed by atoms with E-state index in [1.165, 1.54) is 0 Å². The molecule has 1 N–H and O–H groups in total. The van der Waals surface area contributed by atoms with Crippen LogP contribution in [0.1, 0.15) is 5.56 Å². The summed E-state index contributed by atoms with van der Waals surface area (Å²) in [4.78, 5) is 9.72. The molecule has 1 aromatic carbocycles. The molecule has 0 saturated heterocycles. The molecule has 0 unspecified atom stereocenters. The SMILES string of the molecule is c1ccc2c(c1)N=C(c1ccncc1)NS2. The lowest BCUT2D eigenvalue weighted by Crippen LogP contribution is -2.19. The van der Waals surface area contributed by atoms with Crippen molar-refractivity contribution in [3.05, 3.63) is 54.4 Å². The van der Waals surface area contributed by atoms with E-state index in [0.29, 0.717) is 0 Å². The number of aliphatic imine (C=N–C) groups is 1. The fourth-order valence-corrected chi connectivity index (χ4v) is 2.25. The molecular weight excluding hydrogens is 218 g/mol. The summed E-state index contributed by atoms with van der Waals surface area (Å²) in [5.41, 5.74) is 2.06. The quantitative estimate of drug-likeness (QED) is 0.761. The molecule has 1 aliphatic heterocycles. The number of hydrogen-bond acceptors (Lipinski definition) is 4. The zero-order valence-corrected chi connectivity index (χ0v) is 9.24. The van der Waals surface area contributed by atoms with Crippen LogP contribution >= 0.6 is 11.9 Å². The highest BCUT2D eigenvalue weighted by Gasteiger charge is 2.12. The van der Waals surface area contributed by atoms with Crippen LogP contribution in [0.3, 0.4) is 0 Å². The molecule has 4 heteroatoms. The van der Waals surface area contributed by atoms with Gasteiger partial charge in [0.25, 0.3) is 0 Å². The molecule has 0 spiro atoms. The first-order valence-electron chi connectivity index (χ1n) is 4.94. The number of fused-ring (bicyclic) bond motifs is 1. The molecule has 0 radical (unpaired) electrons. The number of pyridine rings is 1. The van der Waals surface area contributed by atoms with Gasteiger partial charge in [0, 0.05) is 18.0 Å². The monoisotopic (exact) mass is 227 g/mol. The third-order valence-electron chi connectivity index (χ3n) is 2.31. The summed E-state index contributed by atoms with van der Waals surface area (Å²) in [7, 11) is 0. The normalized spacial score (nSPS) is 13.6. The lowest BCUT2D eigenvalue weighted by molar-refractivity contribution is 1.26. The highest BCUT2D eigenvalue weighted by Crippen LogP contribution is 2.31. The van der Waals surface area contributed by atoms with Crippen LogP contribution in [0, 0.1) is 0 Å². The third-order valence-corrected chi connectivity index (χ3v) is 3.17. The van der Waals surface area contributed by atoms with Gasteiger partial charge in [0.05, 0.1) is 10.6 Å². The van der Waals surface area contributed by atoms with Crippen LogP contribution in [0.15, 0.2) is 58.7 Å². The van der Waals surface area contributed by atoms with Crippen LogP contribution < -0.4 is 4.72 Å². The molecule has 3 rings (SSSR count). The second-order valence-electron chi connectivity index (χ2n) is 3.37. The average Bonchev–Trinajstić information content (AvgIpc) is 2.39. The summed E-state index contributed by atoms with van der Waals surface area (Å²) < 4.78 is 3.23. The van der Waals surface area contributed by atoms with E-state index in [9.17, 15) is 0 Å². The highest BCUT2D eigenvalue weighted by atomic mass is 32.2. The zero-order valence-electron chi connectivity index (χ0n) is 8.42. The molecule has 0 atom stereocenters. The van der Waals surface area contributed by atoms with E-state index in [-0.39, 0.29) is 0 Å². The molecule has 0 aliphatic carbocycles. The predicted molar refractivity (Wildman–Crippen MR) is 65.9 cm³/mol. The van der Waals surface area contributed by atoms with Crippen molar-refractivity contribution in [2.24, 2.45) is 4.99 Å². The van der Waals surface area contributed by atoms with Crippen LogP contribution in [0.2, 0.25) is 0 Å². The Morgan fingerprint density at radius 3 is 2.69 bits per heavy atom. The van der Waals surface area contributed by atoms with Crippen molar-refractivity contribution in [1.82, 2.24) is 9.71 Å². The van der Waals surface area contributed by atoms with Gasteiger partial charge in [-0.1, -0.05) is 12.1 Å². The molecule has 2 aromatic rings. The maximum atomic E-state index is 4.57. The predicted octanol–water partition coefficient (Wildman–Crippen LogP) is 2.77. The number of hydrogen-bond donors (Lipinski definition) is 1. The molecule has 1 aromatic heterocycles. The van der Waals surface area contributed by atoms with E-state index in [2.05, 4.69) is 20.8 Å². The summed E-state index contributed by atoms with van der Waals surface area (Å²) in [6.45, 7) is 0. The van der Waals surface area contributed by atoms with Gasteiger partial charge in [-0.15, -0.1) is 0 Å². The first-order valence-corrected chi connectivity index (χ1v) is 5.76. The van der Waals surface area contributed by atoms with Crippen LogP contribution in [-0.4, -0.2) is 10.8 Å². The average molecular weight is 227 g/mol. The molecule has 16 heavy (non-hydrogen) atoms. The van der Waals surface area contributed by atoms with Gasteiger partial charge in [-0.05, 0) is 36.2 Å². The minimum Gasteiger partial charge on any atom is -0.310 e. The molecule has 0 saturated carbocycles. The lowest BCUT2D eigenvalue weighted by Gasteiger charge is -2.16. The Hall–Kier alpha value is -1.81. The Bertz CT molecular complexity index is 537. The van der Waals surface area contributed by atoms with Crippen LogP contribution in [0.25, 0.3) is 0 Å². The summed E-state index contributed by atoms with van der Waals surface area (Å²) in [5, 5.41) is 0. The second kappa shape index (κ2) is 3.98. The van der Waals surface area contributed by atoms with Gasteiger partial charge < -0.3 is 4.72 Å². The molecule has 2 heterocycles. The van der Waals surface area contributed by atoms with Crippen molar-refractivity contribution in [2.45, 2.75) is 4.90 Å². The van der Waals surface area contributed by atoms with Crippen LogP contribution in [-0.2, 0) is 0 Å². The Balaban J connectivity index is 2.04. The summed E-state index contributed by atoms with van der Waals surface area (Å²) in [6, 6.07) is 12.0. The molecule has 0 amide bonds. The van der Waals surface area contributed by atoms with Gasteiger partial charge in [-0.25, -0.2) is 4.99 Å². The fourth-order valence-electron chi connectivity index (χ4n) is 1.52. The molecule has 0 fully saturated rings. The van der Waals surface area contributed by atoms with Crippen molar-refractivity contribution in [2.75, 3.05) is 0 Å². The number of nitrogens with one attached hydrogen (secondary N) is 1. The smallest absolute Gasteiger partial charge is 0.144 e. The standard InChI is InChI=1S/C12H9N3S/c1-2-4-11-10(3-1)14-12(15-16-11)9-5-7-13-8-6-9/h1-8H,(H,14,15). The van der Waals surface area contributed by atoms with Crippen molar-refractivity contribution >= 4 is 23.5 Å². The van der Waals surface area contributed by atoms with E-state index in [1.54, 1.807) is 24.3 Å². The number of benzene rings is 1. The largest absolute Gasteiger partial charge is 0.310 e. The number of aromatic nitrogens is 1. The summed E-state index contributed by atoms with van der Waals surface area (Å²) in [6.07, 6.45) is 3.54. The van der Waals surface area contributed by atoms with Crippen molar-refractivity contribution in [3.8, 4) is 0 Å². The van der Waals surface area contributed by atoms with Crippen molar-refractivity contribution in [1.29, 1.82) is 0 Å². The van der Waals surface area contributed by atoms with Gasteiger partial charge in [0.2, 0.25) is 0 Å². The van der Waals surface area contributed by atoms with E-state index in [4.69, 9.17) is 0 Å². The summed E-state index contributed by atoms with van der Waals surface area (Å²) >= 11 is 1.59. The van der Waals surface area contributed by atoms with Gasteiger partial charge >= 0.3 is 0 Å². The molecule has 0 bridgehead atoms. The van der Waals surface area contributed by atoms with Crippen molar-refractivity contribution in [3.63, 3.8) is 0 Å². The fraction of sp³-hybridized carbons (Fsp3) is 0. The maximum Gasteiger partial charge on any atom is 0.144 e. The lowest BCUT2D eigenvalue weighted by atomic mass is 10.2. The molecule has 78 valence electrons. The zero-order chi connectivity index (χ0) is 10.8. The van der Waals surface area contributed by atoms with Crippen molar-refractivity contribution < 1.29 is 0 Å². The van der Waals surface area contributed by atoms with Gasteiger partial charge in [0.1, 0.15) is 5.84 Å².